The Hall–Kier alpha value is -3.02. The summed E-state index contributed by atoms with van der Waals surface area (Å²) < 4.78 is 10.6. The lowest BCUT2D eigenvalue weighted by atomic mass is 10.1. The van der Waals surface area contributed by atoms with Crippen LogP contribution in [0, 0.1) is 13.8 Å². The van der Waals surface area contributed by atoms with Crippen molar-refractivity contribution in [3.05, 3.63) is 53.5 Å². The quantitative estimate of drug-likeness (QED) is 0.796. The topological polar surface area (TPSA) is 71.4 Å². The molecule has 2 heterocycles. The number of furan rings is 1. The molecule has 0 spiro atoms. The largest absolute Gasteiger partial charge is 0.497 e. The van der Waals surface area contributed by atoms with E-state index in [1.54, 1.807) is 27.1 Å². The Bertz CT molecular complexity index is 862. The van der Waals surface area contributed by atoms with Gasteiger partial charge in [0.2, 0.25) is 0 Å². The third kappa shape index (κ3) is 2.90. The predicted molar refractivity (Wildman–Crippen MR) is 91.5 cm³/mol. The van der Waals surface area contributed by atoms with E-state index in [1.165, 1.54) is 4.90 Å². The smallest absolute Gasteiger partial charge is 0.262 e. The van der Waals surface area contributed by atoms with Crippen LogP contribution >= 0.6 is 0 Å². The molecule has 0 aliphatic carbocycles. The van der Waals surface area contributed by atoms with Crippen molar-refractivity contribution in [2.24, 2.45) is 0 Å². The van der Waals surface area contributed by atoms with Crippen LogP contribution in [-0.2, 0) is 0 Å². The van der Waals surface area contributed by atoms with Crippen LogP contribution in [0.2, 0.25) is 0 Å². The van der Waals surface area contributed by atoms with Crippen molar-refractivity contribution in [1.29, 1.82) is 0 Å². The molecule has 0 fully saturated rings. The van der Waals surface area contributed by atoms with Gasteiger partial charge >= 0.3 is 0 Å². The molecular formula is C18H19N3O3. The second-order valence-corrected chi connectivity index (χ2v) is 5.56. The number of H-pyrrole nitrogens is 1. The number of aromatic nitrogens is 2. The lowest BCUT2D eigenvalue weighted by Crippen LogP contribution is -2.26. The molecule has 2 aromatic heterocycles. The van der Waals surface area contributed by atoms with E-state index in [9.17, 15) is 4.79 Å². The van der Waals surface area contributed by atoms with E-state index in [4.69, 9.17) is 9.15 Å². The first-order chi connectivity index (χ1) is 11.5. The van der Waals surface area contributed by atoms with Crippen molar-refractivity contribution >= 4 is 11.7 Å². The van der Waals surface area contributed by atoms with Crippen LogP contribution in [0.5, 0.6) is 5.75 Å². The molecule has 1 amide bonds. The van der Waals surface area contributed by atoms with Crippen LogP contribution in [0.4, 0.5) is 5.82 Å². The van der Waals surface area contributed by atoms with Crippen LogP contribution < -0.4 is 9.64 Å². The molecule has 3 aromatic rings. The van der Waals surface area contributed by atoms with Crippen LogP contribution in [0.25, 0.3) is 11.3 Å². The number of methoxy groups -OCH3 is 1. The minimum atomic E-state index is -0.155. The summed E-state index contributed by atoms with van der Waals surface area (Å²) in [6.45, 7) is 3.60. The fraction of sp³-hybridized carbons (Fsp3) is 0.222. The third-order valence-corrected chi connectivity index (χ3v) is 3.89. The SMILES string of the molecule is COc1ccc(-c2cc(N(C)C(=O)c3cc(C)oc3C)n[nH]2)cc1. The molecule has 6 heteroatoms. The average Bonchev–Trinajstić information content (AvgIpc) is 3.20. The number of ether oxygens (including phenoxy) is 1. The summed E-state index contributed by atoms with van der Waals surface area (Å²) in [5.74, 6) is 2.50. The number of nitrogens with zero attached hydrogens (tertiary/aromatic N) is 2. The van der Waals surface area contributed by atoms with Crippen molar-refractivity contribution in [2.45, 2.75) is 13.8 Å². The standard InChI is InChI=1S/C18H19N3O3/c1-11-9-15(12(2)24-11)18(22)21(3)17-10-16(19-20-17)13-5-7-14(23-4)8-6-13/h5-10H,1-4H3,(H,19,20). The molecule has 1 N–H and O–H groups in total. The number of amides is 1. The van der Waals surface area contributed by atoms with Crippen LogP contribution in [0.1, 0.15) is 21.9 Å². The molecule has 0 bridgehead atoms. The molecule has 24 heavy (non-hydrogen) atoms. The Morgan fingerprint density at radius 3 is 2.50 bits per heavy atom. The van der Waals surface area contributed by atoms with Crippen LogP contribution in [-0.4, -0.2) is 30.3 Å². The number of carbonyl (C=O) groups excluding carboxylic acids is 1. The number of hydrogen-bond donors (Lipinski definition) is 1. The second kappa shape index (κ2) is 6.23. The van der Waals surface area contributed by atoms with Gasteiger partial charge in [0.25, 0.3) is 5.91 Å². The van der Waals surface area contributed by atoms with E-state index in [1.807, 2.05) is 37.3 Å². The molecule has 0 aliphatic rings. The minimum Gasteiger partial charge on any atom is -0.497 e. The molecule has 0 saturated carbocycles. The van der Waals surface area contributed by atoms with Crippen molar-refractivity contribution in [3.8, 4) is 17.0 Å². The minimum absolute atomic E-state index is 0.155. The normalized spacial score (nSPS) is 10.7. The summed E-state index contributed by atoms with van der Waals surface area (Å²) in [4.78, 5) is 14.1. The molecule has 0 radical (unpaired) electrons. The maximum atomic E-state index is 12.6. The molecule has 1 aromatic carbocycles. The number of aryl methyl sites for hydroxylation is 2. The Labute approximate surface area is 140 Å². The predicted octanol–water partition coefficient (Wildman–Crippen LogP) is 3.57. The molecule has 124 valence electrons. The highest BCUT2D eigenvalue weighted by molar-refractivity contribution is 6.06. The van der Waals surface area contributed by atoms with Gasteiger partial charge in [-0.2, -0.15) is 5.10 Å². The molecule has 6 nitrogen and oxygen atoms in total. The van der Waals surface area contributed by atoms with Crippen molar-refractivity contribution < 1.29 is 13.9 Å². The lowest BCUT2D eigenvalue weighted by Gasteiger charge is -2.13. The first-order valence-electron chi connectivity index (χ1n) is 7.54. The van der Waals surface area contributed by atoms with Gasteiger partial charge in [-0.1, -0.05) is 0 Å². The number of benzene rings is 1. The number of aromatic amines is 1. The van der Waals surface area contributed by atoms with E-state index < -0.39 is 0 Å². The number of hydrogen-bond acceptors (Lipinski definition) is 4. The highest BCUT2D eigenvalue weighted by atomic mass is 16.5. The van der Waals surface area contributed by atoms with E-state index in [-0.39, 0.29) is 5.91 Å². The fourth-order valence-corrected chi connectivity index (χ4v) is 2.53. The van der Waals surface area contributed by atoms with Gasteiger partial charge in [-0.05, 0) is 49.7 Å². The summed E-state index contributed by atoms with van der Waals surface area (Å²) >= 11 is 0. The van der Waals surface area contributed by atoms with Gasteiger partial charge in [0, 0.05) is 13.1 Å². The van der Waals surface area contributed by atoms with E-state index in [0.717, 1.165) is 17.0 Å². The molecule has 0 unspecified atom stereocenters. The summed E-state index contributed by atoms with van der Waals surface area (Å²) in [7, 11) is 3.32. The van der Waals surface area contributed by atoms with Gasteiger partial charge in [-0.25, -0.2) is 0 Å². The number of rotatable bonds is 4. The zero-order chi connectivity index (χ0) is 17.3. The summed E-state index contributed by atoms with van der Waals surface area (Å²) in [6.07, 6.45) is 0. The van der Waals surface area contributed by atoms with E-state index in [0.29, 0.717) is 22.9 Å². The van der Waals surface area contributed by atoms with Crippen molar-refractivity contribution in [3.63, 3.8) is 0 Å². The lowest BCUT2D eigenvalue weighted by molar-refractivity contribution is 0.0991. The summed E-state index contributed by atoms with van der Waals surface area (Å²) in [5, 5.41) is 7.19. The monoisotopic (exact) mass is 325 g/mol. The Morgan fingerprint density at radius 2 is 1.92 bits per heavy atom. The molecule has 0 aliphatic heterocycles. The van der Waals surface area contributed by atoms with Crippen molar-refractivity contribution in [2.75, 3.05) is 19.1 Å². The highest BCUT2D eigenvalue weighted by Crippen LogP contribution is 2.25. The van der Waals surface area contributed by atoms with E-state index in [2.05, 4.69) is 10.2 Å². The summed E-state index contributed by atoms with van der Waals surface area (Å²) in [5.41, 5.74) is 2.34. The highest BCUT2D eigenvalue weighted by Gasteiger charge is 2.20. The Balaban J connectivity index is 1.83. The zero-order valence-electron chi connectivity index (χ0n) is 14.1. The maximum absolute atomic E-state index is 12.6. The molecule has 0 saturated heterocycles. The Morgan fingerprint density at radius 1 is 1.21 bits per heavy atom. The first-order valence-corrected chi connectivity index (χ1v) is 7.54. The summed E-state index contributed by atoms with van der Waals surface area (Å²) in [6, 6.07) is 11.2. The Kier molecular flexibility index (Phi) is 4.12. The van der Waals surface area contributed by atoms with Gasteiger partial charge in [-0.15, -0.1) is 0 Å². The van der Waals surface area contributed by atoms with Crippen LogP contribution in [0.3, 0.4) is 0 Å². The van der Waals surface area contributed by atoms with Gasteiger partial charge in [0.15, 0.2) is 5.82 Å². The molecule has 3 rings (SSSR count). The molecular weight excluding hydrogens is 306 g/mol. The van der Waals surface area contributed by atoms with Crippen molar-refractivity contribution in [1.82, 2.24) is 10.2 Å². The number of nitrogens with one attached hydrogen (secondary N) is 1. The first kappa shape index (κ1) is 15.9. The van der Waals surface area contributed by atoms with Gasteiger partial charge in [0.1, 0.15) is 17.3 Å². The van der Waals surface area contributed by atoms with Gasteiger partial charge < -0.3 is 9.15 Å². The second-order valence-electron chi connectivity index (χ2n) is 5.56. The van der Waals surface area contributed by atoms with E-state index >= 15 is 0 Å². The zero-order valence-corrected chi connectivity index (χ0v) is 14.1. The fourth-order valence-electron chi connectivity index (χ4n) is 2.53. The van der Waals surface area contributed by atoms with Gasteiger partial charge in [0.05, 0.1) is 18.4 Å². The maximum Gasteiger partial charge on any atom is 0.262 e. The number of anilines is 1. The third-order valence-electron chi connectivity index (χ3n) is 3.89. The average molecular weight is 325 g/mol. The van der Waals surface area contributed by atoms with Gasteiger partial charge in [-0.3, -0.25) is 14.8 Å². The van der Waals surface area contributed by atoms with Crippen LogP contribution in [0.15, 0.2) is 40.8 Å². The molecule has 0 atom stereocenters. The number of carbonyl (C=O) groups is 1.